The smallest absolute Gasteiger partial charge is 0.207 e. The fourth-order valence-corrected chi connectivity index (χ4v) is 4.68. The number of rotatable bonds is 3. The molecule has 0 radical (unpaired) electrons. The number of benzene rings is 2. The number of hydrogen-bond donors (Lipinski definition) is 0. The molecule has 8 heteroatoms. The molecule has 2 aromatic carbocycles. The third-order valence-electron chi connectivity index (χ3n) is 4.25. The molecule has 0 spiro atoms. The number of nitrogens with zero attached hydrogens (tertiary/aromatic N) is 1. The summed E-state index contributed by atoms with van der Waals surface area (Å²) in [6, 6.07) is 8.51. The van der Waals surface area contributed by atoms with Crippen LogP contribution in [0.3, 0.4) is 0 Å². The van der Waals surface area contributed by atoms with E-state index in [0.29, 0.717) is 18.4 Å². The largest absolute Gasteiger partial charge is 0.416 e. The third-order valence-corrected chi connectivity index (χ3v) is 6.17. The predicted molar refractivity (Wildman–Crippen MR) is 83.7 cm³/mol. The second kappa shape index (κ2) is 6.42. The van der Waals surface area contributed by atoms with Gasteiger partial charge >= 0.3 is 6.18 Å². The van der Waals surface area contributed by atoms with Crippen molar-refractivity contribution in [3.63, 3.8) is 0 Å². The van der Waals surface area contributed by atoms with Crippen molar-refractivity contribution in [1.29, 1.82) is 0 Å². The summed E-state index contributed by atoms with van der Waals surface area (Å²) >= 11 is 0. The van der Waals surface area contributed by atoms with E-state index in [2.05, 4.69) is 0 Å². The summed E-state index contributed by atoms with van der Waals surface area (Å²) in [4.78, 5) is -0.0345. The average Bonchev–Trinajstić information content (AvgIpc) is 3.05. The summed E-state index contributed by atoms with van der Waals surface area (Å²) < 4.78 is 77.9. The Morgan fingerprint density at radius 1 is 0.960 bits per heavy atom. The second-order valence-electron chi connectivity index (χ2n) is 5.85. The van der Waals surface area contributed by atoms with Crippen LogP contribution in [0, 0.1) is 5.82 Å². The van der Waals surface area contributed by atoms with Gasteiger partial charge in [-0.25, -0.2) is 12.8 Å². The maximum Gasteiger partial charge on any atom is 0.416 e. The summed E-state index contributed by atoms with van der Waals surface area (Å²) in [7, 11) is -3.85. The summed E-state index contributed by atoms with van der Waals surface area (Å²) in [6.07, 6.45) is -3.31. The van der Waals surface area contributed by atoms with Gasteiger partial charge in [-0.3, -0.25) is 0 Å². The average molecular weight is 373 g/mol. The highest BCUT2D eigenvalue weighted by Crippen LogP contribution is 2.38. The molecule has 1 aliphatic rings. The molecule has 25 heavy (non-hydrogen) atoms. The first kappa shape index (κ1) is 17.9. The third kappa shape index (κ3) is 3.55. The van der Waals surface area contributed by atoms with Crippen LogP contribution in [-0.2, 0) is 16.2 Å². The van der Waals surface area contributed by atoms with Crippen molar-refractivity contribution in [3.8, 4) is 0 Å². The Kier molecular flexibility index (Phi) is 4.59. The molecule has 1 saturated heterocycles. The molecule has 1 unspecified atom stereocenters. The van der Waals surface area contributed by atoms with Gasteiger partial charge in [0.15, 0.2) is 0 Å². The Bertz CT molecular complexity index is 846. The van der Waals surface area contributed by atoms with Crippen LogP contribution in [0.2, 0.25) is 0 Å². The molecule has 1 heterocycles. The molecule has 0 saturated carbocycles. The highest BCUT2D eigenvalue weighted by molar-refractivity contribution is 7.89. The lowest BCUT2D eigenvalue weighted by Gasteiger charge is -2.24. The zero-order valence-corrected chi connectivity index (χ0v) is 13.8. The van der Waals surface area contributed by atoms with Gasteiger partial charge in [-0.2, -0.15) is 17.5 Å². The van der Waals surface area contributed by atoms with Crippen molar-refractivity contribution >= 4 is 10.0 Å². The van der Waals surface area contributed by atoms with Gasteiger partial charge in [0.05, 0.1) is 16.5 Å². The van der Waals surface area contributed by atoms with Gasteiger partial charge in [0.2, 0.25) is 10.0 Å². The summed E-state index contributed by atoms with van der Waals surface area (Å²) in [5.41, 5.74) is -0.265. The van der Waals surface area contributed by atoms with Crippen LogP contribution in [0.4, 0.5) is 17.6 Å². The Morgan fingerprint density at radius 3 is 2.12 bits per heavy atom. The number of halogens is 4. The topological polar surface area (TPSA) is 37.4 Å². The maximum absolute atomic E-state index is 13.0. The first-order chi connectivity index (χ1) is 11.7. The van der Waals surface area contributed by atoms with Crippen LogP contribution >= 0.6 is 0 Å². The predicted octanol–water partition coefficient (Wildman–Crippen LogP) is 4.37. The monoisotopic (exact) mass is 373 g/mol. The molecule has 3 nitrogen and oxygen atoms in total. The molecule has 1 fully saturated rings. The van der Waals surface area contributed by atoms with Crippen LogP contribution in [-0.4, -0.2) is 19.3 Å². The van der Waals surface area contributed by atoms with Crippen molar-refractivity contribution in [1.82, 2.24) is 4.31 Å². The van der Waals surface area contributed by atoms with Crippen molar-refractivity contribution in [2.45, 2.75) is 30.0 Å². The van der Waals surface area contributed by atoms with Crippen molar-refractivity contribution in [3.05, 3.63) is 65.5 Å². The van der Waals surface area contributed by atoms with E-state index in [4.69, 9.17) is 0 Å². The minimum atomic E-state index is -4.44. The van der Waals surface area contributed by atoms with Gasteiger partial charge < -0.3 is 0 Å². The first-order valence-electron chi connectivity index (χ1n) is 7.64. The summed E-state index contributed by atoms with van der Waals surface area (Å²) in [6.45, 7) is 0.269. The van der Waals surface area contributed by atoms with Crippen LogP contribution in [0.25, 0.3) is 0 Å². The van der Waals surface area contributed by atoms with Crippen LogP contribution in [0.5, 0.6) is 0 Å². The number of hydrogen-bond acceptors (Lipinski definition) is 2. The summed E-state index contributed by atoms with van der Waals surface area (Å²) in [5, 5.41) is 0. The van der Waals surface area contributed by atoms with Crippen molar-refractivity contribution < 1.29 is 26.0 Å². The molecular formula is C17H15F4NO2S. The lowest BCUT2D eigenvalue weighted by Crippen LogP contribution is -2.30. The standard InChI is InChI=1S/C17H15F4NO2S/c18-14-7-9-15(10-8-14)25(23,24)22-11-1-2-16(22)12-3-5-13(6-4-12)17(19,20)21/h3-10,16H,1-2,11H2. The van der Waals surface area contributed by atoms with Gasteiger partial charge in [0.25, 0.3) is 0 Å². The molecule has 2 aromatic rings. The molecule has 0 bridgehead atoms. The molecule has 0 aliphatic carbocycles. The number of alkyl halides is 3. The van der Waals surface area contributed by atoms with E-state index in [9.17, 15) is 26.0 Å². The minimum absolute atomic E-state index is 0.0345. The molecular weight excluding hydrogens is 358 g/mol. The second-order valence-corrected chi connectivity index (χ2v) is 7.74. The fraction of sp³-hybridized carbons (Fsp3) is 0.294. The van der Waals surface area contributed by atoms with Crippen LogP contribution in [0.15, 0.2) is 53.4 Å². The molecule has 0 aromatic heterocycles. The molecule has 1 atom stereocenters. The zero-order valence-electron chi connectivity index (χ0n) is 13.0. The lowest BCUT2D eigenvalue weighted by molar-refractivity contribution is -0.137. The van der Waals surface area contributed by atoms with E-state index >= 15 is 0 Å². The van der Waals surface area contributed by atoms with Crippen LogP contribution < -0.4 is 0 Å². The van der Waals surface area contributed by atoms with Crippen molar-refractivity contribution in [2.75, 3.05) is 6.54 Å². The fourth-order valence-electron chi connectivity index (χ4n) is 3.00. The molecule has 1 aliphatic heterocycles. The van der Waals surface area contributed by atoms with E-state index in [1.54, 1.807) is 0 Å². The molecule has 0 N–H and O–H groups in total. The van der Waals surface area contributed by atoms with E-state index in [-0.39, 0.29) is 11.4 Å². The number of sulfonamides is 1. The minimum Gasteiger partial charge on any atom is -0.207 e. The highest BCUT2D eigenvalue weighted by Gasteiger charge is 2.37. The molecule has 134 valence electrons. The van der Waals surface area contributed by atoms with Crippen LogP contribution in [0.1, 0.15) is 30.0 Å². The van der Waals surface area contributed by atoms with Gasteiger partial charge in [-0.1, -0.05) is 12.1 Å². The normalized spacial score (nSPS) is 19.3. The highest BCUT2D eigenvalue weighted by atomic mass is 32.2. The molecule has 0 amide bonds. The maximum atomic E-state index is 13.0. The zero-order chi connectivity index (χ0) is 18.2. The van der Waals surface area contributed by atoms with E-state index in [0.717, 1.165) is 24.3 Å². The van der Waals surface area contributed by atoms with Gasteiger partial charge in [-0.05, 0) is 54.8 Å². The quantitative estimate of drug-likeness (QED) is 0.750. The molecule has 3 rings (SSSR count). The van der Waals surface area contributed by atoms with Gasteiger partial charge in [0.1, 0.15) is 5.82 Å². The van der Waals surface area contributed by atoms with E-state index in [1.807, 2.05) is 0 Å². The summed E-state index contributed by atoms with van der Waals surface area (Å²) in [5.74, 6) is -0.542. The lowest BCUT2D eigenvalue weighted by atomic mass is 10.0. The SMILES string of the molecule is O=S(=O)(c1ccc(F)cc1)N1CCCC1c1ccc(C(F)(F)F)cc1. The van der Waals surface area contributed by atoms with Gasteiger partial charge in [-0.15, -0.1) is 0 Å². The van der Waals surface area contributed by atoms with Crippen molar-refractivity contribution in [2.24, 2.45) is 0 Å². The Balaban J connectivity index is 1.91. The Morgan fingerprint density at radius 2 is 1.56 bits per heavy atom. The Labute approximate surface area is 142 Å². The van der Waals surface area contributed by atoms with E-state index < -0.39 is 33.6 Å². The van der Waals surface area contributed by atoms with E-state index in [1.165, 1.54) is 28.6 Å². The Hall–Kier alpha value is -1.93. The first-order valence-corrected chi connectivity index (χ1v) is 9.08. The van der Waals surface area contributed by atoms with Gasteiger partial charge in [0, 0.05) is 6.54 Å².